The van der Waals surface area contributed by atoms with Crippen LogP contribution in [0.3, 0.4) is 0 Å². The van der Waals surface area contributed by atoms with Crippen LogP contribution in [0.5, 0.6) is 0 Å². The van der Waals surface area contributed by atoms with Crippen molar-refractivity contribution in [1.82, 2.24) is 19.9 Å². The Morgan fingerprint density at radius 1 is 1.36 bits per heavy atom. The van der Waals surface area contributed by atoms with Gasteiger partial charge in [-0.15, -0.1) is 0 Å². The summed E-state index contributed by atoms with van der Waals surface area (Å²) in [4.78, 5) is 33.3. The Balaban J connectivity index is 1.38. The van der Waals surface area contributed by atoms with Gasteiger partial charge in [-0.3, -0.25) is 14.6 Å². The predicted molar refractivity (Wildman–Crippen MR) is 95.1 cm³/mol. The van der Waals surface area contributed by atoms with Crippen LogP contribution >= 0.6 is 0 Å². The Labute approximate surface area is 146 Å². The van der Waals surface area contributed by atoms with E-state index < -0.39 is 0 Å². The van der Waals surface area contributed by atoms with Gasteiger partial charge in [-0.05, 0) is 37.8 Å². The van der Waals surface area contributed by atoms with Crippen molar-refractivity contribution < 1.29 is 4.79 Å². The van der Waals surface area contributed by atoms with Crippen molar-refractivity contribution in [3.63, 3.8) is 0 Å². The molecule has 7 heteroatoms. The summed E-state index contributed by atoms with van der Waals surface area (Å²) in [5.74, 6) is 0.784. The molecule has 2 aliphatic carbocycles. The van der Waals surface area contributed by atoms with Gasteiger partial charge in [0.05, 0.1) is 5.69 Å². The van der Waals surface area contributed by atoms with Crippen LogP contribution in [-0.2, 0) is 0 Å². The second kappa shape index (κ2) is 6.06. The highest BCUT2D eigenvalue weighted by atomic mass is 16.2. The third-order valence-corrected chi connectivity index (χ3v) is 5.02. The number of aromatic nitrogens is 3. The Morgan fingerprint density at radius 3 is 2.80 bits per heavy atom. The third-order valence-electron chi connectivity index (χ3n) is 5.02. The van der Waals surface area contributed by atoms with Crippen molar-refractivity contribution in [2.24, 2.45) is 0 Å². The largest absolute Gasteiger partial charge is 0.348 e. The van der Waals surface area contributed by atoms with E-state index in [1.54, 1.807) is 11.0 Å². The third kappa shape index (κ3) is 3.18. The van der Waals surface area contributed by atoms with Crippen LogP contribution in [-0.4, -0.2) is 40.6 Å². The molecule has 0 atom stereocenters. The van der Waals surface area contributed by atoms with E-state index in [9.17, 15) is 9.59 Å². The maximum absolute atomic E-state index is 12.5. The molecule has 2 saturated carbocycles. The monoisotopic (exact) mass is 341 g/mol. The molecule has 25 heavy (non-hydrogen) atoms. The molecule has 2 aliphatic rings. The molecule has 0 unspecified atom stereocenters. The van der Waals surface area contributed by atoms with Gasteiger partial charge in [-0.2, -0.15) is 0 Å². The van der Waals surface area contributed by atoms with Crippen molar-refractivity contribution in [2.75, 3.05) is 19.0 Å². The number of H-pyrrole nitrogens is 1. The van der Waals surface area contributed by atoms with Crippen molar-refractivity contribution in [3.8, 4) is 0 Å². The lowest BCUT2D eigenvalue weighted by atomic mass is 9.78. The van der Waals surface area contributed by atoms with Crippen LogP contribution in [0.4, 0.5) is 5.95 Å². The summed E-state index contributed by atoms with van der Waals surface area (Å²) >= 11 is 0. The van der Waals surface area contributed by atoms with Gasteiger partial charge in [-0.1, -0.05) is 0 Å². The topological polar surface area (TPSA) is 83.0 Å². The molecule has 2 aromatic heterocycles. The number of carbonyl (C=O) groups excluding carboxylic acids is 1. The lowest BCUT2D eigenvalue weighted by Crippen LogP contribution is -2.44. The van der Waals surface area contributed by atoms with Gasteiger partial charge >= 0.3 is 0 Å². The molecule has 2 heterocycles. The Kier molecular flexibility index (Phi) is 3.86. The summed E-state index contributed by atoms with van der Waals surface area (Å²) < 4.78 is 2.08. The molecule has 0 radical (unpaired) electrons. The van der Waals surface area contributed by atoms with E-state index in [1.807, 2.05) is 32.4 Å². The lowest BCUT2D eigenvalue weighted by molar-refractivity contribution is 0.0898. The van der Waals surface area contributed by atoms with Gasteiger partial charge in [0, 0.05) is 44.4 Å². The minimum absolute atomic E-state index is 0.00630. The first-order valence-corrected chi connectivity index (χ1v) is 8.77. The smallest absolute Gasteiger partial charge is 0.268 e. The maximum atomic E-state index is 12.5. The van der Waals surface area contributed by atoms with Gasteiger partial charge in [0.2, 0.25) is 5.95 Å². The minimum Gasteiger partial charge on any atom is -0.348 e. The second-order valence-corrected chi connectivity index (χ2v) is 7.26. The van der Waals surface area contributed by atoms with Gasteiger partial charge < -0.3 is 14.8 Å². The van der Waals surface area contributed by atoms with Crippen molar-refractivity contribution in [2.45, 2.75) is 43.7 Å². The SMILES string of the molecule is CN(C)c1nc(C2CC(NC(=O)c3cccn3C3CC3)C2)cc(=O)[nH]1. The molecule has 2 N–H and O–H groups in total. The number of nitrogens with zero attached hydrogens (tertiary/aromatic N) is 3. The first-order valence-electron chi connectivity index (χ1n) is 8.77. The Bertz CT molecular complexity index is 843. The van der Waals surface area contributed by atoms with Crippen LogP contribution in [0.2, 0.25) is 0 Å². The fourth-order valence-electron chi connectivity index (χ4n) is 3.38. The second-order valence-electron chi connectivity index (χ2n) is 7.26. The average molecular weight is 341 g/mol. The van der Waals surface area contributed by atoms with Crippen LogP contribution in [0, 0.1) is 0 Å². The molecule has 4 rings (SSSR count). The van der Waals surface area contributed by atoms with E-state index >= 15 is 0 Å². The van der Waals surface area contributed by atoms with Crippen LogP contribution < -0.4 is 15.8 Å². The number of aromatic amines is 1. The zero-order valence-electron chi connectivity index (χ0n) is 14.5. The fourth-order valence-corrected chi connectivity index (χ4v) is 3.38. The molecule has 2 aromatic rings. The number of carbonyl (C=O) groups is 1. The molecule has 0 saturated heterocycles. The molecule has 0 aliphatic heterocycles. The minimum atomic E-state index is -0.136. The van der Waals surface area contributed by atoms with Gasteiger partial charge in [-0.25, -0.2) is 4.98 Å². The van der Waals surface area contributed by atoms with E-state index in [0.717, 1.165) is 37.1 Å². The highest BCUT2D eigenvalue weighted by Gasteiger charge is 2.34. The number of anilines is 1. The van der Waals surface area contributed by atoms with Gasteiger partial charge in [0.15, 0.2) is 0 Å². The van der Waals surface area contributed by atoms with Gasteiger partial charge in [0.25, 0.3) is 11.5 Å². The number of amides is 1. The van der Waals surface area contributed by atoms with E-state index in [-0.39, 0.29) is 23.4 Å². The Hall–Kier alpha value is -2.57. The summed E-state index contributed by atoms with van der Waals surface area (Å²) in [6, 6.07) is 6.01. The first kappa shape index (κ1) is 15.9. The van der Waals surface area contributed by atoms with E-state index in [0.29, 0.717) is 12.0 Å². The van der Waals surface area contributed by atoms with E-state index in [2.05, 4.69) is 19.9 Å². The first-order chi connectivity index (χ1) is 12.0. The number of hydrogen-bond donors (Lipinski definition) is 2. The summed E-state index contributed by atoms with van der Waals surface area (Å²) in [5.41, 5.74) is 1.41. The highest BCUT2D eigenvalue weighted by Crippen LogP contribution is 2.37. The molecule has 2 fully saturated rings. The van der Waals surface area contributed by atoms with Gasteiger partial charge in [0.1, 0.15) is 5.69 Å². The zero-order valence-corrected chi connectivity index (χ0v) is 14.5. The molecular weight excluding hydrogens is 318 g/mol. The van der Waals surface area contributed by atoms with Crippen molar-refractivity contribution in [1.29, 1.82) is 0 Å². The standard InChI is InChI=1S/C18H23N5O2/c1-22(2)18-20-14(10-16(24)21-18)11-8-12(9-11)19-17(25)15-4-3-7-23(15)13-5-6-13/h3-4,7,10-13H,5-6,8-9H2,1-2H3,(H,19,25)(H,20,21,24). The lowest BCUT2D eigenvalue weighted by Gasteiger charge is -2.35. The van der Waals surface area contributed by atoms with Crippen LogP contribution in [0.15, 0.2) is 29.2 Å². The number of nitrogens with one attached hydrogen (secondary N) is 2. The molecule has 0 bridgehead atoms. The maximum Gasteiger partial charge on any atom is 0.268 e. The van der Waals surface area contributed by atoms with E-state index in [4.69, 9.17) is 0 Å². The molecular formula is C18H23N5O2. The van der Waals surface area contributed by atoms with Crippen LogP contribution in [0.1, 0.15) is 53.8 Å². The Morgan fingerprint density at radius 2 is 2.12 bits per heavy atom. The molecule has 132 valence electrons. The quantitative estimate of drug-likeness (QED) is 0.866. The average Bonchev–Trinajstić information content (AvgIpc) is 3.26. The fraction of sp³-hybridized carbons (Fsp3) is 0.500. The molecule has 0 aromatic carbocycles. The summed E-state index contributed by atoms with van der Waals surface area (Å²) in [6.07, 6.45) is 5.93. The normalized spacial score (nSPS) is 22.3. The van der Waals surface area contributed by atoms with Crippen molar-refractivity contribution >= 4 is 11.9 Å². The predicted octanol–water partition coefficient (Wildman–Crippen LogP) is 1.65. The summed E-state index contributed by atoms with van der Waals surface area (Å²) in [7, 11) is 3.70. The number of rotatable bonds is 5. The summed E-state index contributed by atoms with van der Waals surface area (Å²) in [6.45, 7) is 0. The molecule has 7 nitrogen and oxygen atoms in total. The highest BCUT2D eigenvalue weighted by molar-refractivity contribution is 5.93. The molecule has 1 amide bonds. The van der Waals surface area contributed by atoms with Crippen molar-refractivity contribution in [3.05, 3.63) is 46.1 Å². The van der Waals surface area contributed by atoms with E-state index in [1.165, 1.54) is 0 Å². The van der Waals surface area contributed by atoms with Crippen LogP contribution in [0.25, 0.3) is 0 Å². The summed E-state index contributed by atoms with van der Waals surface area (Å²) in [5, 5.41) is 3.11. The zero-order chi connectivity index (χ0) is 17.6. The number of hydrogen-bond acceptors (Lipinski definition) is 4. The molecule has 0 spiro atoms.